The van der Waals surface area contributed by atoms with E-state index in [1.807, 2.05) is 6.92 Å². The van der Waals surface area contributed by atoms with E-state index >= 15 is 0 Å². The molecule has 6 heteroatoms. The van der Waals surface area contributed by atoms with E-state index in [0.717, 1.165) is 10.9 Å². The topological polar surface area (TPSA) is 42.7 Å². The Morgan fingerprint density at radius 3 is 2.72 bits per heavy atom. The maximum atomic E-state index is 13.8. The lowest BCUT2D eigenvalue weighted by molar-refractivity contribution is 0.0754. The molecule has 0 atom stereocenters. The number of carbonyl (C=O) groups excluding carboxylic acids is 1. The normalized spacial score (nSPS) is 10.9. The third-order valence-corrected chi connectivity index (χ3v) is 4.31. The van der Waals surface area contributed by atoms with Crippen molar-refractivity contribution in [1.29, 1.82) is 0 Å². The molecule has 0 radical (unpaired) electrons. The first-order valence-electron chi connectivity index (χ1n) is 7.67. The number of carbonyl (C=O) groups is 1. The van der Waals surface area contributed by atoms with Crippen LogP contribution in [0.25, 0.3) is 11.0 Å². The average molecular weight is 362 g/mol. The quantitative estimate of drug-likeness (QED) is 0.669. The smallest absolute Gasteiger partial charge is 0.289 e. The molecule has 0 fully saturated rings. The fraction of sp³-hybridized carbons (Fsp3) is 0.211. The van der Waals surface area contributed by atoms with Crippen molar-refractivity contribution in [3.63, 3.8) is 0 Å². The van der Waals surface area contributed by atoms with Gasteiger partial charge in [0.25, 0.3) is 5.91 Å². The summed E-state index contributed by atoms with van der Waals surface area (Å²) in [5.74, 6) is -0.312. The molecule has 3 rings (SSSR count). The highest BCUT2D eigenvalue weighted by molar-refractivity contribution is 6.31. The first-order chi connectivity index (χ1) is 11.9. The molecule has 4 nitrogen and oxygen atoms in total. The molecule has 0 saturated carbocycles. The molecular formula is C19H17ClFNO3. The van der Waals surface area contributed by atoms with Crippen LogP contribution in [0.4, 0.5) is 4.39 Å². The van der Waals surface area contributed by atoms with E-state index < -0.39 is 5.82 Å². The Morgan fingerprint density at radius 1 is 1.28 bits per heavy atom. The summed E-state index contributed by atoms with van der Waals surface area (Å²) in [6.07, 6.45) is 0. The first-order valence-corrected chi connectivity index (χ1v) is 8.05. The third-order valence-electron chi connectivity index (χ3n) is 4.08. The zero-order valence-corrected chi connectivity index (χ0v) is 14.9. The van der Waals surface area contributed by atoms with Gasteiger partial charge in [0.2, 0.25) is 0 Å². The van der Waals surface area contributed by atoms with E-state index in [2.05, 4.69) is 0 Å². The summed E-state index contributed by atoms with van der Waals surface area (Å²) >= 11 is 6.01. The molecule has 0 spiro atoms. The second-order valence-corrected chi connectivity index (χ2v) is 6.26. The summed E-state index contributed by atoms with van der Waals surface area (Å²) in [4.78, 5) is 14.2. The van der Waals surface area contributed by atoms with Crippen LogP contribution in [0, 0.1) is 12.7 Å². The van der Waals surface area contributed by atoms with Crippen LogP contribution < -0.4 is 4.74 Å². The predicted molar refractivity (Wildman–Crippen MR) is 94.7 cm³/mol. The van der Waals surface area contributed by atoms with Crippen molar-refractivity contribution in [2.24, 2.45) is 0 Å². The summed E-state index contributed by atoms with van der Waals surface area (Å²) in [5.41, 5.74) is 2.00. The number of amides is 1. The number of rotatable bonds is 4. The Balaban J connectivity index is 1.85. The molecule has 1 heterocycles. The number of fused-ring (bicyclic) bond motifs is 1. The number of halogens is 2. The van der Waals surface area contributed by atoms with Crippen molar-refractivity contribution in [3.05, 3.63) is 64.1 Å². The number of hydrogen-bond donors (Lipinski definition) is 0. The Kier molecular flexibility index (Phi) is 4.68. The molecule has 1 aromatic heterocycles. The maximum Gasteiger partial charge on any atom is 0.289 e. The summed E-state index contributed by atoms with van der Waals surface area (Å²) in [6, 6.07) is 9.83. The first kappa shape index (κ1) is 17.3. The van der Waals surface area contributed by atoms with Crippen molar-refractivity contribution in [2.75, 3.05) is 14.2 Å². The molecule has 1 amide bonds. The van der Waals surface area contributed by atoms with Crippen molar-refractivity contribution < 1.29 is 18.3 Å². The van der Waals surface area contributed by atoms with Gasteiger partial charge < -0.3 is 14.1 Å². The van der Waals surface area contributed by atoms with E-state index in [0.29, 0.717) is 16.2 Å². The lowest BCUT2D eigenvalue weighted by Crippen LogP contribution is -2.26. The van der Waals surface area contributed by atoms with Crippen LogP contribution in [0.5, 0.6) is 5.75 Å². The molecule has 0 unspecified atom stereocenters. The highest BCUT2D eigenvalue weighted by Gasteiger charge is 2.21. The van der Waals surface area contributed by atoms with E-state index in [1.165, 1.54) is 24.1 Å². The number of methoxy groups -OCH3 is 1. The highest BCUT2D eigenvalue weighted by Crippen LogP contribution is 2.29. The Morgan fingerprint density at radius 2 is 2.04 bits per heavy atom. The molecule has 0 bridgehead atoms. The Hall–Kier alpha value is -2.53. The monoisotopic (exact) mass is 361 g/mol. The van der Waals surface area contributed by atoms with Crippen molar-refractivity contribution in [3.8, 4) is 5.75 Å². The summed E-state index contributed by atoms with van der Waals surface area (Å²) in [5, 5.41) is 1.39. The van der Waals surface area contributed by atoms with Crippen LogP contribution in [0.15, 0.2) is 40.8 Å². The second-order valence-electron chi connectivity index (χ2n) is 5.83. The van der Waals surface area contributed by atoms with Crippen molar-refractivity contribution in [1.82, 2.24) is 4.90 Å². The number of benzene rings is 2. The van der Waals surface area contributed by atoms with E-state index in [-0.39, 0.29) is 24.0 Å². The Bertz CT molecular complexity index is 951. The molecular weight excluding hydrogens is 345 g/mol. The van der Waals surface area contributed by atoms with E-state index in [1.54, 1.807) is 31.3 Å². The average Bonchev–Trinajstić information content (AvgIpc) is 2.91. The van der Waals surface area contributed by atoms with Gasteiger partial charge in [-0.3, -0.25) is 4.79 Å². The minimum atomic E-state index is -0.463. The lowest BCUT2D eigenvalue weighted by Gasteiger charge is -2.16. The third kappa shape index (κ3) is 3.33. The minimum Gasteiger partial charge on any atom is -0.494 e. The van der Waals surface area contributed by atoms with E-state index in [4.69, 9.17) is 20.8 Å². The number of aryl methyl sites for hydroxylation is 1. The van der Waals surface area contributed by atoms with Gasteiger partial charge in [-0.05, 0) is 42.8 Å². The standard InChI is InChI=1S/C19H17ClFNO3/c1-11-14-9-13(20)5-7-16(14)25-18(11)19(23)22(2)10-12-4-6-17(24-3)15(21)8-12/h4-9H,10H2,1-3H3. The van der Waals surface area contributed by atoms with Crippen molar-refractivity contribution in [2.45, 2.75) is 13.5 Å². The fourth-order valence-corrected chi connectivity index (χ4v) is 2.90. The minimum absolute atomic E-state index is 0.169. The molecule has 0 aliphatic carbocycles. The SMILES string of the molecule is COc1ccc(CN(C)C(=O)c2oc3ccc(Cl)cc3c2C)cc1F. The number of furan rings is 1. The lowest BCUT2D eigenvalue weighted by atomic mass is 10.1. The number of nitrogens with zero attached hydrogens (tertiary/aromatic N) is 1. The van der Waals surface area contributed by atoms with Gasteiger partial charge in [0.05, 0.1) is 7.11 Å². The van der Waals surface area contributed by atoms with Crippen LogP contribution in [-0.4, -0.2) is 25.0 Å². The van der Waals surface area contributed by atoms with Crippen LogP contribution in [0.2, 0.25) is 5.02 Å². The molecule has 2 aromatic carbocycles. The molecule has 0 N–H and O–H groups in total. The van der Waals surface area contributed by atoms with Gasteiger partial charge >= 0.3 is 0 Å². The molecule has 130 valence electrons. The summed E-state index contributed by atoms with van der Waals surface area (Å²) in [7, 11) is 3.05. The molecule has 0 aliphatic heterocycles. The van der Waals surface area contributed by atoms with Crippen LogP contribution >= 0.6 is 11.6 Å². The molecule has 25 heavy (non-hydrogen) atoms. The van der Waals surface area contributed by atoms with Crippen LogP contribution in [0.1, 0.15) is 21.7 Å². The van der Waals surface area contributed by atoms with Gasteiger partial charge in [0, 0.05) is 29.6 Å². The summed E-state index contributed by atoms with van der Waals surface area (Å²) in [6.45, 7) is 2.06. The van der Waals surface area contributed by atoms with Gasteiger partial charge in [0.15, 0.2) is 17.3 Å². The molecule has 0 aliphatic rings. The van der Waals surface area contributed by atoms with Gasteiger partial charge in [-0.2, -0.15) is 0 Å². The summed E-state index contributed by atoms with van der Waals surface area (Å²) < 4.78 is 24.4. The van der Waals surface area contributed by atoms with Crippen LogP contribution in [-0.2, 0) is 6.54 Å². The zero-order valence-electron chi connectivity index (χ0n) is 14.1. The zero-order chi connectivity index (χ0) is 18.1. The number of hydrogen-bond acceptors (Lipinski definition) is 3. The number of ether oxygens (including phenoxy) is 1. The Labute approximate surface area is 149 Å². The predicted octanol–water partition coefficient (Wildman–Crippen LogP) is 4.81. The maximum absolute atomic E-state index is 13.8. The second kappa shape index (κ2) is 6.76. The van der Waals surface area contributed by atoms with Gasteiger partial charge in [0.1, 0.15) is 5.58 Å². The fourth-order valence-electron chi connectivity index (χ4n) is 2.72. The van der Waals surface area contributed by atoms with Crippen LogP contribution in [0.3, 0.4) is 0 Å². The van der Waals surface area contributed by atoms with E-state index in [9.17, 15) is 9.18 Å². The van der Waals surface area contributed by atoms with Gasteiger partial charge in [-0.1, -0.05) is 17.7 Å². The molecule has 0 saturated heterocycles. The van der Waals surface area contributed by atoms with Gasteiger partial charge in [-0.25, -0.2) is 4.39 Å². The highest BCUT2D eigenvalue weighted by atomic mass is 35.5. The van der Waals surface area contributed by atoms with Crippen molar-refractivity contribution >= 4 is 28.5 Å². The van der Waals surface area contributed by atoms with Gasteiger partial charge in [-0.15, -0.1) is 0 Å². The molecule has 3 aromatic rings. The largest absolute Gasteiger partial charge is 0.494 e.